The summed E-state index contributed by atoms with van der Waals surface area (Å²) in [6, 6.07) is 27.7. The smallest absolute Gasteiger partial charge is 0.338 e. The van der Waals surface area contributed by atoms with Gasteiger partial charge in [-0.05, 0) is 79.2 Å². The summed E-state index contributed by atoms with van der Waals surface area (Å²) in [5.74, 6) is -0.962. The van der Waals surface area contributed by atoms with Crippen LogP contribution in [-0.4, -0.2) is 23.5 Å². The molecule has 11 heteroatoms. The number of ether oxygens (including phenoxy) is 1. The highest BCUT2D eigenvalue weighted by Gasteiger charge is 2.14. The molecule has 0 aliphatic carbocycles. The van der Waals surface area contributed by atoms with Crippen molar-refractivity contribution in [1.82, 2.24) is 4.98 Å². The molecular weight excluding hydrogens is 581 g/mol. The second-order valence-electron chi connectivity index (χ2n) is 9.24. The average Bonchev–Trinajstić information content (AvgIpc) is 3.59. The third-order valence-electron chi connectivity index (χ3n) is 6.04. The predicted octanol–water partition coefficient (Wildman–Crippen LogP) is 9.02. The molecule has 0 unspecified atom stereocenters. The number of anilines is 3. The molecule has 0 aliphatic heterocycles. The van der Waals surface area contributed by atoms with Gasteiger partial charge in [0.25, 0.3) is 5.91 Å². The second-order valence-corrected chi connectivity index (χ2v) is 11.3. The molecule has 0 radical (unpaired) electrons. The van der Waals surface area contributed by atoms with E-state index in [9.17, 15) is 14.9 Å². The van der Waals surface area contributed by atoms with E-state index in [2.05, 4.69) is 25.8 Å². The van der Waals surface area contributed by atoms with Gasteiger partial charge in [0, 0.05) is 21.9 Å². The highest BCUT2D eigenvalue weighted by atomic mass is 32.1. The number of unbranched alkanes of at least 4 members (excludes halogenated alkanes) is 1. The van der Waals surface area contributed by atoms with Crippen LogP contribution in [0.15, 0.2) is 101 Å². The quantitative estimate of drug-likeness (QED) is 0.0507. The van der Waals surface area contributed by atoms with Crippen LogP contribution in [-0.2, 0) is 9.53 Å². The molecular formula is C32H26N6O3S2. The van der Waals surface area contributed by atoms with Crippen LogP contribution in [0.25, 0.3) is 15.6 Å². The fraction of sp³-hybridized carbons (Fsp3) is 0.125. The number of hydrogen-bond donors (Lipinski definition) is 2. The number of fused-ring (bicyclic) bond motifs is 1. The number of hydrogen-bond acceptors (Lipinski definition) is 10. The number of esters is 1. The highest BCUT2D eigenvalue weighted by molar-refractivity contribution is 7.29. The third kappa shape index (κ3) is 7.97. The molecule has 5 aromatic rings. The summed E-state index contributed by atoms with van der Waals surface area (Å²) < 4.78 is 6.08. The molecule has 2 aromatic heterocycles. The predicted molar refractivity (Wildman–Crippen MR) is 172 cm³/mol. The number of benzene rings is 3. The number of thiophene rings is 1. The Bertz CT molecular complexity index is 1790. The number of amides is 1. The normalized spacial score (nSPS) is 11.4. The minimum Gasteiger partial charge on any atom is -0.462 e. The van der Waals surface area contributed by atoms with Crippen LogP contribution in [0.2, 0.25) is 0 Å². The molecule has 0 aliphatic rings. The van der Waals surface area contributed by atoms with E-state index in [1.54, 1.807) is 24.3 Å². The van der Waals surface area contributed by atoms with Crippen LogP contribution in [0.3, 0.4) is 0 Å². The molecule has 9 nitrogen and oxygen atoms in total. The molecule has 5 rings (SSSR count). The SMILES string of the molecule is CCCCOC(=O)c1ccc(NC(=O)/C(C#N)=C/c2cc3sc(N=Nc4ccc(Nc5ccccc5)cc4)nc3s2)cc1. The topological polar surface area (TPSA) is 129 Å². The molecule has 2 heterocycles. The number of aromatic nitrogens is 1. The maximum absolute atomic E-state index is 12.7. The maximum Gasteiger partial charge on any atom is 0.338 e. The van der Waals surface area contributed by atoms with Crippen molar-refractivity contribution in [2.75, 3.05) is 17.2 Å². The number of nitriles is 1. The summed E-state index contributed by atoms with van der Waals surface area (Å²) in [4.78, 5) is 30.8. The highest BCUT2D eigenvalue weighted by Crippen LogP contribution is 2.36. The van der Waals surface area contributed by atoms with Crippen LogP contribution < -0.4 is 10.6 Å². The maximum atomic E-state index is 12.7. The largest absolute Gasteiger partial charge is 0.462 e. The fourth-order valence-electron chi connectivity index (χ4n) is 3.83. The van der Waals surface area contributed by atoms with Gasteiger partial charge in [-0.25, -0.2) is 9.78 Å². The van der Waals surface area contributed by atoms with Gasteiger partial charge in [0.2, 0.25) is 5.13 Å². The number of nitrogens with one attached hydrogen (secondary N) is 2. The summed E-state index contributed by atoms with van der Waals surface area (Å²) in [6.45, 7) is 2.39. The van der Waals surface area contributed by atoms with Crippen LogP contribution in [0.4, 0.5) is 27.9 Å². The fourth-order valence-corrected chi connectivity index (χ4v) is 5.81. The van der Waals surface area contributed by atoms with Crippen LogP contribution in [0.5, 0.6) is 0 Å². The van der Waals surface area contributed by atoms with Crippen molar-refractivity contribution in [1.29, 1.82) is 5.26 Å². The number of rotatable bonds is 11. The van der Waals surface area contributed by atoms with E-state index in [4.69, 9.17) is 4.74 Å². The van der Waals surface area contributed by atoms with Gasteiger partial charge < -0.3 is 15.4 Å². The van der Waals surface area contributed by atoms with Crippen molar-refractivity contribution >= 4 is 78.0 Å². The molecule has 0 atom stereocenters. The van der Waals surface area contributed by atoms with Crippen molar-refractivity contribution in [3.63, 3.8) is 0 Å². The Kier molecular flexibility index (Phi) is 9.63. The van der Waals surface area contributed by atoms with Gasteiger partial charge in [-0.1, -0.05) is 42.9 Å². The van der Waals surface area contributed by atoms with Crippen molar-refractivity contribution in [2.24, 2.45) is 10.2 Å². The van der Waals surface area contributed by atoms with Gasteiger partial charge >= 0.3 is 5.97 Å². The van der Waals surface area contributed by atoms with Crippen LogP contribution in [0, 0.1) is 11.3 Å². The molecule has 43 heavy (non-hydrogen) atoms. The Morgan fingerprint density at radius 1 is 0.953 bits per heavy atom. The number of nitrogens with zero attached hydrogens (tertiary/aromatic N) is 4. The van der Waals surface area contributed by atoms with Gasteiger partial charge in [0.1, 0.15) is 16.5 Å². The van der Waals surface area contributed by atoms with Gasteiger partial charge in [-0.15, -0.1) is 21.6 Å². The molecule has 0 fully saturated rings. The van der Waals surface area contributed by atoms with E-state index in [0.717, 1.165) is 38.6 Å². The molecule has 0 saturated heterocycles. The lowest BCUT2D eigenvalue weighted by Crippen LogP contribution is -2.13. The number of azo groups is 1. The Morgan fingerprint density at radius 3 is 2.37 bits per heavy atom. The molecule has 1 amide bonds. The van der Waals surface area contributed by atoms with Gasteiger partial charge in [0.05, 0.1) is 22.6 Å². The monoisotopic (exact) mass is 606 g/mol. The standard InChI is InChI=1S/C32H26N6O3S2/c1-2-3-17-41-31(40)21-9-11-25(12-10-21)35-29(39)22(20-33)18-27-19-28-30(42-27)36-32(43-28)38-37-26-15-13-24(14-16-26)34-23-7-5-4-6-8-23/h4-16,18-19,34H,2-3,17H2,1H3,(H,35,39)/b22-18+,38-37?. The zero-order valence-corrected chi connectivity index (χ0v) is 24.7. The first-order valence-electron chi connectivity index (χ1n) is 13.5. The minimum atomic E-state index is -0.551. The minimum absolute atomic E-state index is 0.0536. The van der Waals surface area contributed by atoms with E-state index >= 15 is 0 Å². The first-order valence-corrected chi connectivity index (χ1v) is 15.1. The molecule has 0 saturated carbocycles. The van der Waals surface area contributed by atoms with Crippen molar-refractivity contribution < 1.29 is 14.3 Å². The Balaban J connectivity index is 1.19. The molecule has 3 aromatic carbocycles. The number of thiazole rings is 1. The van der Waals surface area contributed by atoms with Crippen molar-refractivity contribution in [3.8, 4) is 6.07 Å². The first kappa shape index (κ1) is 29.3. The molecule has 214 valence electrons. The lowest BCUT2D eigenvalue weighted by atomic mass is 10.2. The van der Waals surface area contributed by atoms with E-state index in [-0.39, 0.29) is 5.57 Å². The zero-order chi connectivity index (χ0) is 30.0. The van der Waals surface area contributed by atoms with E-state index < -0.39 is 11.9 Å². The summed E-state index contributed by atoms with van der Waals surface area (Å²) in [5, 5.41) is 24.7. The molecule has 0 bridgehead atoms. The number of carbonyl (C=O) groups is 2. The summed E-state index contributed by atoms with van der Waals surface area (Å²) in [6.07, 6.45) is 3.27. The first-order chi connectivity index (χ1) is 21.0. The molecule has 0 spiro atoms. The third-order valence-corrected chi connectivity index (χ3v) is 8.03. The van der Waals surface area contributed by atoms with Crippen molar-refractivity contribution in [2.45, 2.75) is 19.8 Å². The Labute approximate surface area is 256 Å². The number of carbonyl (C=O) groups excluding carboxylic acids is 2. The number of para-hydroxylation sites is 1. The summed E-state index contributed by atoms with van der Waals surface area (Å²) in [5.41, 5.74) is 3.45. The van der Waals surface area contributed by atoms with Gasteiger partial charge in [0.15, 0.2) is 0 Å². The second kappa shape index (κ2) is 14.1. The van der Waals surface area contributed by atoms with Gasteiger partial charge in [-0.2, -0.15) is 5.26 Å². The van der Waals surface area contributed by atoms with Crippen LogP contribution in [0.1, 0.15) is 35.0 Å². The van der Waals surface area contributed by atoms with Gasteiger partial charge in [-0.3, -0.25) is 4.79 Å². The zero-order valence-electron chi connectivity index (χ0n) is 23.1. The van der Waals surface area contributed by atoms with E-state index in [1.807, 2.05) is 73.7 Å². The van der Waals surface area contributed by atoms with Crippen LogP contribution >= 0.6 is 22.7 Å². The Hall–Kier alpha value is -5.18. The Morgan fingerprint density at radius 2 is 1.67 bits per heavy atom. The van der Waals surface area contributed by atoms with Crippen molar-refractivity contribution in [3.05, 3.63) is 101 Å². The van der Waals surface area contributed by atoms with E-state index in [0.29, 0.717) is 28.7 Å². The lowest BCUT2D eigenvalue weighted by molar-refractivity contribution is -0.112. The van der Waals surface area contributed by atoms with E-state index in [1.165, 1.54) is 28.7 Å². The summed E-state index contributed by atoms with van der Waals surface area (Å²) in [7, 11) is 0. The summed E-state index contributed by atoms with van der Waals surface area (Å²) >= 11 is 2.73. The average molecular weight is 607 g/mol. The lowest BCUT2D eigenvalue weighted by Gasteiger charge is -2.06. The molecule has 2 N–H and O–H groups in total.